The Morgan fingerprint density at radius 2 is 1.58 bits per heavy atom. The first-order valence-corrected chi connectivity index (χ1v) is 10.4. The van der Waals surface area contributed by atoms with E-state index in [-0.39, 0.29) is 0 Å². The van der Waals surface area contributed by atoms with Crippen LogP contribution < -0.4 is 4.40 Å². The van der Waals surface area contributed by atoms with Gasteiger partial charge in [0.1, 0.15) is 11.3 Å². The molecular formula is C27H18N3O+. The van der Waals surface area contributed by atoms with Crippen molar-refractivity contribution in [1.82, 2.24) is 9.55 Å². The zero-order valence-electron chi connectivity index (χ0n) is 16.6. The lowest BCUT2D eigenvalue weighted by molar-refractivity contribution is -0.510. The third kappa shape index (κ3) is 2.33. The zero-order valence-corrected chi connectivity index (χ0v) is 16.6. The number of H-pyrrole nitrogens is 1. The second-order valence-electron chi connectivity index (χ2n) is 7.85. The van der Waals surface area contributed by atoms with Crippen LogP contribution in [0.15, 0.2) is 108 Å². The summed E-state index contributed by atoms with van der Waals surface area (Å²) < 4.78 is 10.7. The first-order valence-electron chi connectivity index (χ1n) is 10.4. The minimum Gasteiger partial charge on any atom is -0.452 e. The first kappa shape index (κ1) is 16.5. The van der Waals surface area contributed by atoms with E-state index < -0.39 is 0 Å². The maximum absolute atomic E-state index is 6.36. The normalized spacial score (nSPS) is 11.9. The predicted molar refractivity (Wildman–Crippen MR) is 123 cm³/mol. The Hall–Kier alpha value is -4.31. The Morgan fingerprint density at radius 1 is 0.774 bits per heavy atom. The molecule has 4 heteroatoms. The van der Waals surface area contributed by atoms with Crippen LogP contribution >= 0.6 is 0 Å². The number of fused-ring (bicyclic) bond motifs is 6. The van der Waals surface area contributed by atoms with Gasteiger partial charge < -0.3 is 9.40 Å². The molecule has 0 saturated heterocycles. The van der Waals surface area contributed by atoms with Crippen LogP contribution in [0.3, 0.4) is 0 Å². The van der Waals surface area contributed by atoms with Crippen LogP contribution in [0.2, 0.25) is 0 Å². The second kappa shape index (κ2) is 6.09. The van der Waals surface area contributed by atoms with Gasteiger partial charge in [-0.2, -0.15) is 8.97 Å². The summed E-state index contributed by atoms with van der Waals surface area (Å²) in [6.07, 6.45) is 4.25. The van der Waals surface area contributed by atoms with E-state index in [9.17, 15) is 0 Å². The number of furan rings is 1. The molecule has 0 spiro atoms. The number of aromatic amines is 1. The van der Waals surface area contributed by atoms with Gasteiger partial charge in [-0.1, -0.05) is 54.6 Å². The summed E-state index contributed by atoms with van der Waals surface area (Å²) in [5.74, 6) is 0.846. The van der Waals surface area contributed by atoms with Crippen molar-refractivity contribution in [1.29, 1.82) is 0 Å². The number of hydrogen-bond acceptors (Lipinski definition) is 1. The molecule has 7 rings (SSSR count). The van der Waals surface area contributed by atoms with Crippen molar-refractivity contribution in [3.05, 3.63) is 104 Å². The van der Waals surface area contributed by atoms with Crippen molar-refractivity contribution >= 4 is 38.3 Å². The summed E-state index contributed by atoms with van der Waals surface area (Å²) in [7, 11) is 0. The van der Waals surface area contributed by atoms with Gasteiger partial charge in [-0.25, -0.2) is 0 Å². The molecule has 0 radical (unpaired) electrons. The van der Waals surface area contributed by atoms with E-state index >= 15 is 0 Å². The highest BCUT2D eigenvalue weighted by Gasteiger charge is 2.27. The van der Waals surface area contributed by atoms with Crippen LogP contribution in [-0.2, 0) is 0 Å². The Kier molecular flexibility index (Phi) is 3.24. The molecule has 0 unspecified atom stereocenters. The maximum atomic E-state index is 6.36. The number of benzene rings is 3. The van der Waals surface area contributed by atoms with Crippen molar-refractivity contribution < 1.29 is 8.82 Å². The smallest absolute Gasteiger partial charge is 0.254 e. The second-order valence-corrected chi connectivity index (χ2v) is 7.85. The van der Waals surface area contributed by atoms with Gasteiger partial charge in [0.2, 0.25) is 11.2 Å². The average molecular weight is 400 g/mol. The Labute approximate surface area is 177 Å². The summed E-state index contributed by atoms with van der Waals surface area (Å²) in [4.78, 5) is 3.65. The molecule has 4 aromatic heterocycles. The van der Waals surface area contributed by atoms with Crippen molar-refractivity contribution in [3.63, 3.8) is 0 Å². The fraction of sp³-hybridized carbons (Fsp3) is 0. The van der Waals surface area contributed by atoms with Crippen LogP contribution in [0, 0.1) is 0 Å². The lowest BCUT2D eigenvalue weighted by atomic mass is 10.1. The van der Waals surface area contributed by atoms with Crippen LogP contribution in [0.1, 0.15) is 0 Å². The summed E-state index contributed by atoms with van der Waals surface area (Å²) in [6.45, 7) is 0. The summed E-state index contributed by atoms with van der Waals surface area (Å²) >= 11 is 0. The number of nitrogens with one attached hydrogen (secondary N) is 1. The molecule has 4 nitrogen and oxygen atoms in total. The van der Waals surface area contributed by atoms with Gasteiger partial charge in [0.15, 0.2) is 5.76 Å². The molecule has 0 bridgehead atoms. The molecule has 0 aliphatic heterocycles. The summed E-state index contributed by atoms with van der Waals surface area (Å²) in [5.41, 5.74) is 6.34. The molecular weight excluding hydrogens is 382 g/mol. The Bertz CT molecular complexity index is 1700. The first-order chi connectivity index (χ1) is 15.4. The molecule has 4 heterocycles. The molecule has 0 fully saturated rings. The molecule has 0 aliphatic rings. The highest BCUT2D eigenvalue weighted by molar-refractivity contribution is 6.13. The number of nitrogens with zero attached hydrogens (tertiary/aromatic N) is 2. The summed E-state index contributed by atoms with van der Waals surface area (Å²) in [5, 5.41) is 3.53. The zero-order chi connectivity index (χ0) is 20.4. The quantitative estimate of drug-likeness (QED) is 0.342. The highest BCUT2D eigenvalue weighted by atomic mass is 16.3. The Morgan fingerprint density at radius 3 is 2.48 bits per heavy atom. The van der Waals surface area contributed by atoms with Gasteiger partial charge in [0.25, 0.3) is 6.33 Å². The molecule has 0 amide bonds. The van der Waals surface area contributed by atoms with Gasteiger partial charge in [0.05, 0.1) is 11.7 Å². The fourth-order valence-corrected chi connectivity index (χ4v) is 4.63. The van der Waals surface area contributed by atoms with E-state index in [4.69, 9.17) is 4.42 Å². The Balaban J connectivity index is 1.67. The standard InChI is InChI=1S/C27H18N3O/c1-2-9-19(10-3-1)30-17-29-15-14-21-20-11-5-6-12-22(20)28-25(21)27(29)26(30)24-16-18-8-4-7-13-23(18)31-24/h1-17,28H/q+1. The van der Waals surface area contributed by atoms with E-state index in [2.05, 4.69) is 93.2 Å². The molecule has 146 valence electrons. The third-order valence-electron chi connectivity index (χ3n) is 6.04. The van der Waals surface area contributed by atoms with Crippen LogP contribution in [-0.4, -0.2) is 9.55 Å². The van der Waals surface area contributed by atoms with Gasteiger partial charge in [0, 0.05) is 21.7 Å². The summed E-state index contributed by atoms with van der Waals surface area (Å²) in [6, 6.07) is 31.3. The number of imidazole rings is 1. The molecule has 3 aromatic carbocycles. The monoisotopic (exact) mass is 400 g/mol. The lowest BCUT2D eigenvalue weighted by Crippen LogP contribution is -2.17. The van der Waals surface area contributed by atoms with Crippen molar-refractivity contribution in [3.8, 4) is 17.1 Å². The number of aromatic nitrogens is 3. The fourth-order valence-electron chi connectivity index (χ4n) is 4.63. The van der Waals surface area contributed by atoms with Crippen molar-refractivity contribution in [2.45, 2.75) is 0 Å². The molecule has 7 aromatic rings. The minimum absolute atomic E-state index is 0.846. The van der Waals surface area contributed by atoms with Gasteiger partial charge >= 0.3 is 0 Å². The van der Waals surface area contributed by atoms with Gasteiger partial charge in [-0.15, -0.1) is 0 Å². The van der Waals surface area contributed by atoms with Crippen LogP contribution in [0.4, 0.5) is 0 Å². The largest absolute Gasteiger partial charge is 0.452 e. The third-order valence-corrected chi connectivity index (χ3v) is 6.04. The van der Waals surface area contributed by atoms with E-state index in [1.165, 1.54) is 10.8 Å². The van der Waals surface area contributed by atoms with Crippen LogP contribution in [0.5, 0.6) is 0 Å². The molecule has 0 aliphatic carbocycles. The number of hydrogen-bond donors (Lipinski definition) is 1. The average Bonchev–Trinajstić information content (AvgIpc) is 3.51. The lowest BCUT2D eigenvalue weighted by Gasteiger charge is -1.99. The van der Waals surface area contributed by atoms with Crippen molar-refractivity contribution in [2.75, 3.05) is 0 Å². The molecule has 0 atom stereocenters. The maximum Gasteiger partial charge on any atom is 0.254 e. The molecule has 31 heavy (non-hydrogen) atoms. The van der Waals surface area contributed by atoms with E-state index in [1.807, 2.05) is 24.3 Å². The van der Waals surface area contributed by atoms with Gasteiger partial charge in [-0.3, -0.25) is 0 Å². The number of para-hydroxylation sites is 3. The number of rotatable bonds is 2. The molecule has 0 saturated carbocycles. The molecule has 1 N–H and O–H groups in total. The minimum atomic E-state index is 0.846. The van der Waals surface area contributed by atoms with Gasteiger partial charge in [-0.05, 0) is 36.4 Å². The van der Waals surface area contributed by atoms with Crippen LogP contribution in [0.25, 0.3) is 55.4 Å². The predicted octanol–water partition coefficient (Wildman–Crippen LogP) is 6.26. The topological polar surface area (TPSA) is 38.0 Å². The van der Waals surface area contributed by atoms with Crippen molar-refractivity contribution in [2.24, 2.45) is 0 Å². The van der Waals surface area contributed by atoms with E-state index in [1.54, 1.807) is 0 Å². The van der Waals surface area contributed by atoms with E-state index in [0.717, 1.165) is 44.7 Å². The highest BCUT2D eigenvalue weighted by Crippen LogP contribution is 2.36. The number of pyridine rings is 1. The SMILES string of the molecule is c1ccc(-n2c[n+]3ccc4c5ccccc5[nH]c4c3c2-c2cc3ccccc3o2)cc1. The van der Waals surface area contributed by atoms with E-state index in [0.29, 0.717) is 0 Å².